The van der Waals surface area contributed by atoms with Gasteiger partial charge in [-0.2, -0.15) is 0 Å². The van der Waals surface area contributed by atoms with Crippen molar-refractivity contribution >= 4 is 22.8 Å². The van der Waals surface area contributed by atoms with E-state index in [1.165, 1.54) is 0 Å². The molecule has 1 saturated heterocycles. The number of aromatic nitrogens is 2. The van der Waals surface area contributed by atoms with E-state index in [2.05, 4.69) is 23.2 Å². The van der Waals surface area contributed by atoms with Crippen LogP contribution in [-0.2, 0) is 11.8 Å². The second-order valence-electron chi connectivity index (χ2n) is 8.73. The summed E-state index contributed by atoms with van der Waals surface area (Å²) in [6.07, 6.45) is 4.37. The van der Waals surface area contributed by atoms with Crippen LogP contribution < -0.4 is 5.73 Å². The van der Waals surface area contributed by atoms with E-state index in [4.69, 9.17) is 5.73 Å². The molecule has 2 heterocycles. The van der Waals surface area contributed by atoms with Gasteiger partial charge in [-0.3, -0.25) is 9.59 Å². The van der Waals surface area contributed by atoms with E-state index in [9.17, 15) is 9.59 Å². The summed E-state index contributed by atoms with van der Waals surface area (Å²) < 4.78 is 1.99. The zero-order valence-electron chi connectivity index (χ0n) is 17.8. The maximum atomic E-state index is 13.0. The molecule has 1 aliphatic carbocycles. The Morgan fingerprint density at radius 2 is 1.58 bits per heavy atom. The highest BCUT2D eigenvalue weighted by atomic mass is 16.2. The number of hydrogen-bond donors (Lipinski definition) is 1. The van der Waals surface area contributed by atoms with Gasteiger partial charge in [0.15, 0.2) is 0 Å². The van der Waals surface area contributed by atoms with Crippen molar-refractivity contribution in [2.75, 3.05) is 26.2 Å². The summed E-state index contributed by atoms with van der Waals surface area (Å²) in [7, 11) is 1.98. The van der Waals surface area contributed by atoms with Gasteiger partial charge >= 0.3 is 0 Å². The topological polar surface area (TPSA) is 84.5 Å². The number of nitrogens with zero attached hydrogens (tertiary/aromatic N) is 4. The highest BCUT2D eigenvalue weighted by Gasteiger charge is 2.43. The van der Waals surface area contributed by atoms with E-state index in [-0.39, 0.29) is 11.8 Å². The average molecular weight is 418 g/mol. The number of piperazine rings is 1. The molecule has 2 aromatic carbocycles. The molecule has 1 aromatic heterocycles. The van der Waals surface area contributed by atoms with E-state index >= 15 is 0 Å². The Morgan fingerprint density at radius 1 is 0.935 bits per heavy atom. The van der Waals surface area contributed by atoms with Crippen molar-refractivity contribution in [3.05, 3.63) is 54.4 Å². The Bertz CT molecular complexity index is 1140. The molecule has 1 saturated carbocycles. The third-order valence-corrected chi connectivity index (χ3v) is 6.72. The fourth-order valence-electron chi connectivity index (χ4n) is 4.50. The number of carbonyl (C=O) groups excluding carboxylic acids is 2. The molecule has 7 heteroatoms. The van der Waals surface area contributed by atoms with Crippen LogP contribution in [0.25, 0.3) is 22.2 Å². The Morgan fingerprint density at radius 3 is 2.23 bits per heavy atom. The standard InChI is InChI=1S/C24H27N5O2/c1-27-16-26-20-15-19(7-8-21(20)27)17-3-5-18(6-4-17)22(30)28-11-13-29(14-12-28)23(31)24(25)9-2-10-24/h3-8,15-16H,2,9-14,25H2,1H3. The van der Waals surface area contributed by atoms with Crippen LogP contribution in [-0.4, -0.2) is 62.9 Å². The summed E-state index contributed by atoms with van der Waals surface area (Å²) in [5, 5.41) is 0. The Balaban J connectivity index is 1.24. The fraction of sp³-hybridized carbons (Fsp3) is 0.375. The van der Waals surface area contributed by atoms with Crippen molar-refractivity contribution in [2.45, 2.75) is 24.8 Å². The van der Waals surface area contributed by atoms with Crippen molar-refractivity contribution in [3.8, 4) is 11.1 Å². The Kier molecular flexibility index (Phi) is 4.78. The highest BCUT2D eigenvalue weighted by Crippen LogP contribution is 2.31. The molecule has 0 bridgehead atoms. The number of rotatable bonds is 3. The summed E-state index contributed by atoms with van der Waals surface area (Å²) in [4.78, 5) is 33.6. The van der Waals surface area contributed by atoms with Gasteiger partial charge in [0.25, 0.3) is 5.91 Å². The summed E-state index contributed by atoms with van der Waals surface area (Å²) >= 11 is 0. The molecule has 5 rings (SSSR count). The number of benzene rings is 2. The van der Waals surface area contributed by atoms with Crippen molar-refractivity contribution in [2.24, 2.45) is 12.8 Å². The second-order valence-corrected chi connectivity index (χ2v) is 8.73. The molecule has 2 N–H and O–H groups in total. The molecular weight excluding hydrogens is 390 g/mol. The largest absolute Gasteiger partial charge is 0.338 e. The van der Waals surface area contributed by atoms with Crippen molar-refractivity contribution in [3.63, 3.8) is 0 Å². The molecule has 0 radical (unpaired) electrons. The number of nitrogens with two attached hydrogens (primary N) is 1. The van der Waals surface area contributed by atoms with Crippen molar-refractivity contribution in [1.82, 2.24) is 19.4 Å². The molecule has 1 aliphatic heterocycles. The molecule has 2 amide bonds. The minimum absolute atomic E-state index is 0.00457. The lowest BCUT2D eigenvalue weighted by Gasteiger charge is -2.43. The summed E-state index contributed by atoms with van der Waals surface area (Å²) in [6, 6.07) is 13.9. The van der Waals surface area contributed by atoms with Crippen LogP contribution in [0.5, 0.6) is 0 Å². The van der Waals surface area contributed by atoms with Gasteiger partial charge in [0.05, 0.1) is 22.9 Å². The Hall–Kier alpha value is -3.19. The number of carbonyl (C=O) groups is 2. The zero-order chi connectivity index (χ0) is 21.6. The summed E-state index contributed by atoms with van der Waals surface area (Å²) in [5.41, 5.74) is 10.3. The van der Waals surface area contributed by atoms with E-state index in [0.717, 1.165) is 41.4 Å². The summed E-state index contributed by atoms with van der Waals surface area (Å²) in [6.45, 7) is 2.18. The first kappa shape index (κ1) is 19.8. The van der Waals surface area contributed by atoms with Gasteiger partial charge < -0.3 is 20.1 Å². The quantitative estimate of drug-likeness (QED) is 0.709. The average Bonchev–Trinajstić information content (AvgIpc) is 3.17. The molecule has 31 heavy (non-hydrogen) atoms. The molecule has 7 nitrogen and oxygen atoms in total. The first-order valence-corrected chi connectivity index (χ1v) is 10.8. The van der Waals surface area contributed by atoms with E-state index < -0.39 is 5.54 Å². The lowest BCUT2D eigenvalue weighted by Crippen LogP contribution is -2.62. The molecule has 3 aromatic rings. The Labute approximate surface area is 181 Å². The van der Waals surface area contributed by atoms with E-state index in [1.807, 2.05) is 52.0 Å². The predicted molar refractivity (Wildman–Crippen MR) is 119 cm³/mol. The van der Waals surface area contributed by atoms with Crippen LogP contribution in [0.4, 0.5) is 0 Å². The molecule has 2 fully saturated rings. The van der Waals surface area contributed by atoms with Crippen molar-refractivity contribution in [1.29, 1.82) is 0 Å². The van der Waals surface area contributed by atoms with Gasteiger partial charge in [-0.1, -0.05) is 18.2 Å². The third-order valence-electron chi connectivity index (χ3n) is 6.72. The molecule has 0 atom stereocenters. The van der Waals surface area contributed by atoms with Crippen LogP contribution in [0, 0.1) is 0 Å². The highest BCUT2D eigenvalue weighted by molar-refractivity contribution is 5.95. The maximum absolute atomic E-state index is 13.0. The van der Waals surface area contributed by atoms with Crippen LogP contribution >= 0.6 is 0 Å². The molecule has 0 unspecified atom stereocenters. The van der Waals surface area contributed by atoms with Gasteiger partial charge in [0.2, 0.25) is 5.91 Å². The fourth-order valence-corrected chi connectivity index (χ4v) is 4.50. The summed E-state index contributed by atoms with van der Waals surface area (Å²) in [5.74, 6) is 0.0463. The smallest absolute Gasteiger partial charge is 0.253 e. The minimum atomic E-state index is -0.666. The van der Waals surface area contributed by atoms with Gasteiger partial charge in [0, 0.05) is 38.8 Å². The molecule has 0 spiro atoms. The van der Waals surface area contributed by atoms with E-state index in [0.29, 0.717) is 31.7 Å². The number of hydrogen-bond acceptors (Lipinski definition) is 4. The van der Waals surface area contributed by atoms with Crippen LogP contribution in [0.15, 0.2) is 48.8 Å². The first-order chi connectivity index (χ1) is 14.9. The van der Waals surface area contributed by atoms with Crippen molar-refractivity contribution < 1.29 is 9.59 Å². The van der Waals surface area contributed by atoms with Gasteiger partial charge in [0.1, 0.15) is 0 Å². The predicted octanol–water partition coefficient (Wildman–Crippen LogP) is 2.41. The van der Waals surface area contributed by atoms with Crippen LogP contribution in [0.2, 0.25) is 0 Å². The normalized spacial score (nSPS) is 18.1. The number of imidazole rings is 1. The molecular formula is C24H27N5O2. The van der Waals surface area contributed by atoms with Crippen LogP contribution in [0.1, 0.15) is 29.6 Å². The second kappa shape index (κ2) is 7.50. The third kappa shape index (κ3) is 3.49. The minimum Gasteiger partial charge on any atom is -0.338 e. The van der Waals surface area contributed by atoms with E-state index in [1.54, 1.807) is 0 Å². The first-order valence-electron chi connectivity index (χ1n) is 10.8. The number of amides is 2. The maximum Gasteiger partial charge on any atom is 0.253 e. The van der Waals surface area contributed by atoms with Gasteiger partial charge in [-0.05, 0) is 54.7 Å². The lowest BCUT2D eigenvalue weighted by atomic mass is 9.76. The van der Waals surface area contributed by atoms with Gasteiger partial charge in [-0.15, -0.1) is 0 Å². The molecule has 160 valence electrons. The lowest BCUT2D eigenvalue weighted by molar-refractivity contribution is -0.141. The number of aryl methyl sites for hydroxylation is 1. The van der Waals surface area contributed by atoms with Crippen LogP contribution in [0.3, 0.4) is 0 Å². The van der Waals surface area contributed by atoms with Gasteiger partial charge in [-0.25, -0.2) is 4.98 Å². The zero-order valence-corrected chi connectivity index (χ0v) is 17.8. The monoisotopic (exact) mass is 417 g/mol. The SMILES string of the molecule is Cn1cnc2cc(-c3ccc(C(=O)N4CCN(C(=O)C5(N)CCC5)CC4)cc3)ccc21. The number of fused-ring (bicyclic) bond motifs is 1. The molecule has 2 aliphatic rings.